The summed E-state index contributed by atoms with van der Waals surface area (Å²) < 4.78 is 11.0. The number of hydrogen-bond donors (Lipinski definition) is 1. The van der Waals surface area contributed by atoms with Gasteiger partial charge >= 0.3 is 0 Å². The first-order valence-corrected chi connectivity index (χ1v) is 6.70. The van der Waals surface area contributed by atoms with Gasteiger partial charge in [0.1, 0.15) is 10.7 Å². The Bertz CT molecular complexity index is 584. The van der Waals surface area contributed by atoms with Crippen molar-refractivity contribution in [3.05, 3.63) is 65.2 Å². The van der Waals surface area contributed by atoms with Gasteiger partial charge in [-0.3, -0.25) is 0 Å². The molecule has 0 atom stereocenters. The van der Waals surface area contributed by atoms with Crippen LogP contribution in [0.4, 0.5) is 0 Å². The minimum absolute atomic E-state index is 0.372. The van der Waals surface area contributed by atoms with Gasteiger partial charge in [-0.15, -0.1) is 0 Å². The van der Waals surface area contributed by atoms with Gasteiger partial charge in [-0.2, -0.15) is 0 Å². The molecule has 0 aromatic heterocycles. The minimum atomic E-state index is 0.372. The fraction of sp³-hybridized carbons (Fsp3) is 0.188. The van der Waals surface area contributed by atoms with Crippen molar-refractivity contribution < 1.29 is 9.47 Å². The number of ether oxygens (including phenoxy) is 2. The molecule has 0 saturated heterocycles. The number of thiocarbonyl (C=S) groups is 1. The molecule has 104 valence electrons. The van der Waals surface area contributed by atoms with Crippen LogP contribution in [0.15, 0.2) is 48.5 Å². The van der Waals surface area contributed by atoms with E-state index in [-0.39, 0.29) is 0 Å². The van der Waals surface area contributed by atoms with Crippen LogP contribution in [0.25, 0.3) is 0 Å². The molecule has 0 spiro atoms. The first kappa shape index (κ1) is 14.5. The van der Waals surface area contributed by atoms with Gasteiger partial charge in [-0.25, -0.2) is 0 Å². The van der Waals surface area contributed by atoms with Gasteiger partial charge in [-0.05, 0) is 23.8 Å². The highest BCUT2D eigenvalue weighted by molar-refractivity contribution is 7.80. The second-order valence-electron chi connectivity index (χ2n) is 4.37. The van der Waals surface area contributed by atoms with E-state index < -0.39 is 0 Å². The highest BCUT2D eigenvalue weighted by Gasteiger charge is 2.06. The van der Waals surface area contributed by atoms with Crippen LogP contribution in [0.3, 0.4) is 0 Å². The molecule has 0 amide bonds. The molecular formula is C16H17NO2S. The molecule has 0 fully saturated rings. The van der Waals surface area contributed by atoms with Crippen molar-refractivity contribution in [3.63, 3.8) is 0 Å². The number of nitrogens with two attached hydrogens (primary N) is 1. The van der Waals surface area contributed by atoms with E-state index >= 15 is 0 Å². The summed E-state index contributed by atoms with van der Waals surface area (Å²) >= 11 is 4.99. The molecule has 0 saturated carbocycles. The summed E-state index contributed by atoms with van der Waals surface area (Å²) in [6.07, 6.45) is 0. The van der Waals surface area contributed by atoms with E-state index in [4.69, 9.17) is 27.4 Å². The molecule has 0 aliphatic carbocycles. The van der Waals surface area contributed by atoms with Gasteiger partial charge < -0.3 is 15.2 Å². The van der Waals surface area contributed by atoms with Crippen LogP contribution in [0, 0.1) is 0 Å². The van der Waals surface area contributed by atoms with Gasteiger partial charge in [0, 0.05) is 11.1 Å². The summed E-state index contributed by atoms with van der Waals surface area (Å²) in [5, 5.41) is 0. The summed E-state index contributed by atoms with van der Waals surface area (Å²) in [6, 6.07) is 15.6. The van der Waals surface area contributed by atoms with Crippen molar-refractivity contribution in [3.8, 4) is 5.75 Å². The van der Waals surface area contributed by atoms with Gasteiger partial charge in [0.15, 0.2) is 0 Å². The molecule has 0 radical (unpaired) electrons. The number of methoxy groups -OCH3 is 1. The van der Waals surface area contributed by atoms with Gasteiger partial charge in [0.05, 0.1) is 20.3 Å². The lowest BCUT2D eigenvalue weighted by molar-refractivity contribution is 0.105. The van der Waals surface area contributed by atoms with Crippen LogP contribution in [0.1, 0.15) is 16.7 Å². The number of hydrogen-bond acceptors (Lipinski definition) is 3. The fourth-order valence-corrected chi connectivity index (χ4v) is 2.02. The van der Waals surface area contributed by atoms with E-state index in [1.54, 1.807) is 7.11 Å². The molecule has 0 bridgehead atoms. The zero-order chi connectivity index (χ0) is 14.4. The molecule has 0 aliphatic rings. The molecule has 20 heavy (non-hydrogen) atoms. The molecule has 4 heteroatoms. The van der Waals surface area contributed by atoms with Crippen LogP contribution in [-0.4, -0.2) is 12.1 Å². The summed E-state index contributed by atoms with van der Waals surface area (Å²) in [5.74, 6) is 0.776. The van der Waals surface area contributed by atoms with E-state index in [9.17, 15) is 0 Å². The van der Waals surface area contributed by atoms with E-state index in [0.29, 0.717) is 18.2 Å². The zero-order valence-corrected chi connectivity index (χ0v) is 12.2. The Morgan fingerprint density at radius 1 is 1.10 bits per heavy atom. The molecule has 0 unspecified atom stereocenters. The Hall–Kier alpha value is -1.91. The average Bonchev–Trinajstić information content (AvgIpc) is 2.48. The van der Waals surface area contributed by atoms with Crippen LogP contribution in [0.2, 0.25) is 0 Å². The Morgan fingerprint density at radius 2 is 1.85 bits per heavy atom. The number of rotatable bonds is 6. The van der Waals surface area contributed by atoms with Gasteiger partial charge in [-0.1, -0.05) is 42.5 Å². The Kier molecular flexibility index (Phi) is 5.09. The second kappa shape index (κ2) is 7.03. The quantitative estimate of drug-likeness (QED) is 0.829. The van der Waals surface area contributed by atoms with Gasteiger partial charge in [0.2, 0.25) is 0 Å². The van der Waals surface area contributed by atoms with Crippen molar-refractivity contribution in [1.82, 2.24) is 0 Å². The Labute approximate surface area is 124 Å². The maximum atomic E-state index is 5.72. The molecule has 0 aliphatic heterocycles. The normalized spacial score (nSPS) is 10.2. The highest BCUT2D eigenvalue weighted by atomic mass is 32.1. The summed E-state index contributed by atoms with van der Waals surface area (Å²) in [7, 11) is 1.64. The van der Waals surface area contributed by atoms with Crippen LogP contribution >= 0.6 is 12.2 Å². The van der Waals surface area contributed by atoms with Crippen LogP contribution < -0.4 is 10.5 Å². The highest BCUT2D eigenvalue weighted by Crippen LogP contribution is 2.21. The summed E-state index contributed by atoms with van der Waals surface area (Å²) in [6.45, 7) is 1.01. The van der Waals surface area contributed by atoms with Crippen LogP contribution in [-0.2, 0) is 18.0 Å². The largest absolute Gasteiger partial charge is 0.496 e. The maximum absolute atomic E-state index is 5.72. The molecule has 0 heterocycles. The molecule has 2 aromatic rings. The molecular weight excluding hydrogens is 270 g/mol. The molecule has 2 rings (SSSR count). The first-order valence-electron chi connectivity index (χ1n) is 6.29. The number of benzene rings is 2. The third-order valence-corrected chi connectivity index (χ3v) is 3.17. The lowest BCUT2D eigenvalue weighted by Gasteiger charge is -2.11. The lowest BCUT2D eigenvalue weighted by Crippen LogP contribution is -2.10. The standard InChI is InChI=1S/C16H17NO2S/c1-18-15-8-7-13(16(17)20)9-14(15)11-19-10-12-5-3-2-4-6-12/h2-9H,10-11H2,1H3,(H2,17,20). The van der Waals surface area contributed by atoms with E-state index in [2.05, 4.69) is 0 Å². The monoisotopic (exact) mass is 287 g/mol. The molecule has 3 nitrogen and oxygen atoms in total. The van der Waals surface area contributed by atoms with E-state index in [1.807, 2.05) is 48.5 Å². The fourth-order valence-electron chi connectivity index (χ4n) is 1.90. The van der Waals surface area contributed by atoms with Crippen molar-refractivity contribution in [1.29, 1.82) is 0 Å². The minimum Gasteiger partial charge on any atom is -0.496 e. The second-order valence-corrected chi connectivity index (χ2v) is 4.81. The average molecular weight is 287 g/mol. The third kappa shape index (κ3) is 3.79. The summed E-state index contributed by atoms with van der Waals surface area (Å²) in [5.41, 5.74) is 8.54. The van der Waals surface area contributed by atoms with Crippen molar-refractivity contribution in [2.45, 2.75) is 13.2 Å². The predicted octanol–water partition coefficient (Wildman–Crippen LogP) is 3.05. The van der Waals surface area contributed by atoms with Crippen molar-refractivity contribution >= 4 is 17.2 Å². The Morgan fingerprint density at radius 3 is 2.50 bits per heavy atom. The van der Waals surface area contributed by atoms with Crippen molar-refractivity contribution in [2.24, 2.45) is 5.73 Å². The Balaban J connectivity index is 2.04. The van der Waals surface area contributed by atoms with E-state index in [1.165, 1.54) is 0 Å². The summed E-state index contributed by atoms with van der Waals surface area (Å²) in [4.78, 5) is 0.372. The zero-order valence-electron chi connectivity index (χ0n) is 11.3. The van der Waals surface area contributed by atoms with Crippen molar-refractivity contribution in [2.75, 3.05) is 7.11 Å². The predicted molar refractivity (Wildman–Crippen MR) is 83.8 cm³/mol. The van der Waals surface area contributed by atoms with Crippen LogP contribution in [0.5, 0.6) is 5.75 Å². The molecule has 2 N–H and O–H groups in total. The molecule has 2 aromatic carbocycles. The third-order valence-electron chi connectivity index (χ3n) is 2.93. The van der Waals surface area contributed by atoms with E-state index in [0.717, 1.165) is 22.4 Å². The topological polar surface area (TPSA) is 44.5 Å². The maximum Gasteiger partial charge on any atom is 0.124 e. The lowest BCUT2D eigenvalue weighted by atomic mass is 10.1. The van der Waals surface area contributed by atoms with Gasteiger partial charge in [0.25, 0.3) is 0 Å². The smallest absolute Gasteiger partial charge is 0.124 e. The SMILES string of the molecule is COc1ccc(C(N)=S)cc1COCc1ccccc1. The first-order chi connectivity index (χ1) is 9.70.